The van der Waals surface area contributed by atoms with Gasteiger partial charge in [0.2, 0.25) is 0 Å². The van der Waals surface area contributed by atoms with Crippen molar-refractivity contribution in [1.82, 2.24) is 19.4 Å². The van der Waals surface area contributed by atoms with Gasteiger partial charge in [0.1, 0.15) is 4.83 Å². The van der Waals surface area contributed by atoms with Crippen LogP contribution < -0.4 is 10.5 Å². The van der Waals surface area contributed by atoms with E-state index in [-0.39, 0.29) is 5.56 Å². The predicted molar refractivity (Wildman–Crippen MR) is 129 cm³/mol. The monoisotopic (exact) mass is 457 g/mol. The lowest BCUT2D eigenvalue weighted by atomic mass is 10.1. The predicted octanol–water partition coefficient (Wildman–Crippen LogP) is 3.31. The molecule has 2 aliphatic heterocycles. The lowest BCUT2D eigenvalue weighted by Gasteiger charge is -2.36. The normalized spacial score (nSPS) is 17.9. The molecule has 2 aliphatic rings. The smallest absolute Gasteiger partial charge is 0.262 e. The number of hydrogen-bond donors (Lipinski definition) is 0. The fourth-order valence-electron chi connectivity index (χ4n) is 4.66. The topological polar surface area (TPSA) is 44.6 Å². The molecule has 0 N–H and O–H groups in total. The SMILES string of the molecule is CCN1CCc2sc3ncn(CCN4CCN(c5ccccc5Cl)CC4)c(=O)c3c2C1. The number of likely N-dealkylation sites (N-methyl/N-ethyl adjacent to an activating group) is 1. The summed E-state index contributed by atoms with van der Waals surface area (Å²) in [5.74, 6) is 0. The van der Waals surface area contributed by atoms with E-state index in [4.69, 9.17) is 11.6 Å². The van der Waals surface area contributed by atoms with Gasteiger partial charge in [-0.1, -0.05) is 30.7 Å². The highest BCUT2D eigenvalue weighted by Crippen LogP contribution is 2.32. The first kappa shape index (κ1) is 20.9. The minimum absolute atomic E-state index is 0.121. The minimum Gasteiger partial charge on any atom is -0.368 e. The number of anilines is 1. The van der Waals surface area contributed by atoms with E-state index in [9.17, 15) is 4.79 Å². The van der Waals surface area contributed by atoms with Crippen molar-refractivity contribution in [2.45, 2.75) is 26.4 Å². The van der Waals surface area contributed by atoms with Crippen molar-refractivity contribution in [3.8, 4) is 0 Å². The second-order valence-corrected chi connectivity index (χ2v) is 9.82. The van der Waals surface area contributed by atoms with Gasteiger partial charge in [0.05, 0.1) is 22.4 Å². The Labute approximate surface area is 191 Å². The molecule has 4 heterocycles. The molecule has 0 atom stereocenters. The van der Waals surface area contributed by atoms with Crippen molar-refractivity contribution in [3.63, 3.8) is 0 Å². The average molecular weight is 458 g/mol. The van der Waals surface area contributed by atoms with Crippen molar-refractivity contribution in [3.05, 3.63) is 56.4 Å². The molecule has 5 rings (SSSR count). The van der Waals surface area contributed by atoms with Crippen LogP contribution in [0.25, 0.3) is 10.2 Å². The Bertz CT molecular complexity index is 1130. The van der Waals surface area contributed by atoms with Crippen LogP contribution in [0.15, 0.2) is 35.4 Å². The van der Waals surface area contributed by atoms with Gasteiger partial charge in [-0.2, -0.15) is 0 Å². The van der Waals surface area contributed by atoms with Gasteiger partial charge in [-0.05, 0) is 30.7 Å². The van der Waals surface area contributed by atoms with E-state index in [2.05, 4.69) is 32.7 Å². The quantitative estimate of drug-likeness (QED) is 0.588. The van der Waals surface area contributed by atoms with Crippen LogP contribution in [0.5, 0.6) is 0 Å². The maximum absolute atomic E-state index is 13.3. The van der Waals surface area contributed by atoms with Crippen LogP contribution in [-0.4, -0.2) is 65.2 Å². The Morgan fingerprint density at radius 2 is 1.87 bits per heavy atom. The molecule has 6 nitrogen and oxygen atoms in total. The number of nitrogens with zero attached hydrogens (tertiary/aromatic N) is 5. The number of piperazine rings is 1. The van der Waals surface area contributed by atoms with Gasteiger partial charge in [0.25, 0.3) is 5.56 Å². The summed E-state index contributed by atoms with van der Waals surface area (Å²) in [6.45, 7) is 10.5. The number of rotatable bonds is 5. The van der Waals surface area contributed by atoms with Crippen molar-refractivity contribution >= 4 is 38.8 Å². The van der Waals surface area contributed by atoms with E-state index in [0.29, 0.717) is 6.54 Å². The molecule has 3 aromatic rings. The zero-order chi connectivity index (χ0) is 21.4. The first-order chi connectivity index (χ1) is 15.1. The van der Waals surface area contributed by atoms with E-state index < -0.39 is 0 Å². The first-order valence-corrected chi connectivity index (χ1v) is 12.3. The zero-order valence-electron chi connectivity index (χ0n) is 17.9. The van der Waals surface area contributed by atoms with E-state index in [1.807, 2.05) is 18.2 Å². The van der Waals surface area contributed by atoms with Crippen LogP contribution in [0, 0.1) is 0 Å². The summed E-state index contributed by atoms with van der Waals surface area (Å²) in [7, 11) is 0. The lowest BCUT2D eigenvalue weighted by molar-refractivity contribution is 0.247. The second-order valence-electron chi connectivity index (χ2n) is 8.33. The van der Waals surface area contributed by atoms with Crippen molar-refractivity contribution in [1.29, 1.82) is 0 Å². The molecule has 0 radical (unpaired) electrons. The van der Waals surface area contributed by atoms with Gasteiger partial charge < -0.3 is 4.90 Å². The summed E-state index contributed by atoms with van der Waals surface area (Å²) in [4.78, 5) is 27.3. The van der Waals surface area contributed by atoms with Gasteiger partial charge in [-0.3, -0.25) is 19.2 Å². The summed E-state index contributed by atoms with van der Waals surface area (Å²) < 4.78 is 1.81. The van der Waals surface area contributed by atoms with Gasteiger partial charge in [-0.25, -0.2) is 4.98 Å². The summed E-state index contributed by atoms with van der Waals surface area (Å²) in [6.07, 6.45) is 2.77. The molecule has 164 valence electrons. The largest absolute Gasteiger partial charge is 0.368 e. The Morgan fingerprint density at radius 1 is 1.06 bits per heavy atom. The van der Waals surface area contributed by atoms with Crippen LogP contribution in [0.4, 0.5) is 5.69 Å². The van der Waals surface area contributed by atoms with E-state index in [0.717, 1.165) is 79.7 Å². The van der Waals surface area contributed by atoms with Crippen LogP contribution in [0.3, 0.4) is 0 Å². The molecular weight excluding hydrogens is 430 g/mol. The summed E-state index contributed by atoms with van der Waals surface area (Å²) in [5, 5.41) is 1.66. The molecule has 8 heteroatoms. The Morgan fingerprint density at radius 3 is 2.65 bits per heavy atom. The molecule has 0 spiro atoms. The second kappa shape index (κ2) is 8.90. The number of para-hydroxylation sites is 1. The van der Waals surface area contributed by atoms with E-state index in [1.54, 1.807) is 22.2 Å². The summed E-state index contributed by atoms with van der Waals surface area (Å²) >= 11 is 8.06. The third-order valence-electron chi connectivity index (χ3n) is 6.57. The van der Waals surface area contributed by atoms with Gasteiger partial charge in [0.15, 0.2) is 0 Å². The zero-order valence-corrected chi connectivity index (χ0v) is 19.5. The number of fused-ring (bicyclic) bond motifs is 3. The Kier molecular flexibility index (Phi) is 6.01. The molecule has 0 saturated carbocycles. The molecule has 0 amide bonds. The fourth-order valence-corrected chi connectivity index (χ4v) is 6.04. The molecule has 2 aromatic heterocycles. The maximum Gasteiger partial charge on any atom is 0.262 e. The molecule has 1 saturated heterocycles. The number of aromatic nitrogens is 2. The number of hydrogen-bond acceptors (Lipinski definition) is 6. The summed E-state index contributed by atoms with van der Waals surface area (Å²) in [6, 6.07) is 8.03. The first-order valence-electron chi connectivity index (χ1n) is 11.1. The minimum atomic E-state index is 0.121. The summed E-state index contributed by atoms with van der Waals surface area (Å²) in [5.41, 5.74) is 2.45. The molecule has 1 fully saturated rings. The third-order valence-corrected chi connectivity index (χ3v) is 8.09. The van der Waals surface area contributed by atoms with Gasteiger partial charge >= 0.3 is 0 Å². The molecular formula is C23H28ClN5OS. The van der Waals surface area contributed by atoms with Crippen LogP contribution in [0.2, 0.25) is 5.02 Å². The number of halogens is 1. The molecule has 0 unspecified atom stereocenters. The molecule has 0 bridgehead atoms. The maximum atomic E-state index is 13.3. The average Bonchev–Trinajstić information content (AvgIpc) is 3.18. The molecule has 1 aromatic carbocycles. The van der Waals surface area contributed by atoms with E-state index in [1.165, 1.54) is 10.4 Å². The Hall–Kier alpha value is -1.93. The number of benzene rings is 1. The van der Waals surface area contributed by atoms with Gasteiger partial charge in [0, 0.05) is 57.2 Å². The van der Waals surface area contributed by atoms with Crippen LogP contribution in [0.1, 0.15) is 17.4 Å². The fraction of sp³-hybridized carbons (Fsp3) is 0.478. The van der Waals surface area contributed by atoms with Crippen LogP contribution in [-0.2, 0) is 19.5 Å². The van der Waals surface area contributed by atoms with Crippen molar-refractivity contribution < 1.29 is 0 Å². The highest BCUT2D eigenvalue weighted by molar-refractivity contribution is 7.18. The Balaban J connectivity index is 1.26. The molecule has 31 heavy (non-hydrogen) atoms. The highest BCUT2D eigenvalue weighted by Gasteiger charge is 2.24. The van der Waals surface area contributed by atoms with Gasteiger partial charge in [-0.15, -0.1) is 11.3 Å². The lowest BCUT2D eigenvalue weighted by Crippen LogP contribution is -2.47. The van der Waals surface area contributed by atoms with Crippen molar-refractivity contribution in [2.75, 3.05) is 50.7 Å². The standard InChI is InChI=1S/C23H28ClN5OS/c1-2-26-8-7-20-17(15-26)21-22(31-20)25-16-29(23(21)30)14-11-27-9-12-28(13-10-27)19-6-4-3-5-18(19)24/h3-6,16H,2,7-15H2,1H3. The number of thiophene rings is 1. The highest BCUT2D eigenvalue weighted by atomic mass is 35.5. The van der Waals surface area contributed by atoms with Crippen molar-refractivity contribution in [2.24, 2.45) is 0 Å². The van der Waals surface area contributed by atoms with Crippen LogP contribution >= 0.6 is 22.9 Å². The molecule has 0 aliphatic carbocycles. The third kappa shape index (κ3) is 4.12. The van der Waals surface area contributed by atoms with E-state index >= 15 is 0 Å².